The Balaban J connectivity index is 1.46. The second-order valence-electron chi connectivity index (χ2n) is 14.9. The molecule has 0 spiro atoms. The molecule has 0 aliphatic carbocycles. The van der Waals surface area contributed by atoms with Gasteiger partial charge < -0.3 is 30.2 Å². The smallest absolute Gasteiger partial charge is 0.339 e. The number of nitrogens with zero attached hydrogens (tertiary/aromatic N) is 2. The second kappa shape index (κ2) is 16.2. The summed E-state index contributed by atoms with van der Waals surface area (Å²) < 4.78 is 16.6. The first-order valence-corrected chi connectivity index (χ1v) is 17.5. The lowest BCUT2D eigenvalue weighted by molar-refractivity contribution is 0.00702. The van der Waals surface area contributed by atoms with Gasteiger partial charge in [-0.25, -0.2) is 14.8 Å². The highest BCUT2D eigenvalue weighted by Crippen LogP contribution is 2.32. The van der Waals surface area contributed by atoms with Crippen LogP contribution in [-0.2, 0) is 11.3 Å². The van der Waals surface area contributed by atoms with E-state index in [2.05, 4.69) is 32.5 Å². The maximum atomic E-state index is 14.1. The van der Waals surface area contributed by atoms with Crippen molar-refractivity contribution in [2.45, 2.75) is 53.7 Å². The summed E-state index contributed by atoms with van der Waals surface area (Å²) in [5, 5.41) is 11.0. The van der Waals surface area contributed by atoms with Gasteiger partial charge in [0.2, 0.25) is 0 Å². The lowest BCUT2D eigenvalue weighted by atomic mass is 9.94. The summed E-state index contributed by atoms with van der Waals surface area (Å²) in [5.41, 5.74) is 2.21. The van der Waals surface area contributed by atoms with Crippen LogP contribution in [0.25, 0.3) is 28.0 Å². The van der Waals surface area contributed by atoms with Gasteiger partial charge in [0, 0.05) is 53.1 Å². The largest absolute Gasteiger partial charge is 0.497 e. The molecule has 0 unspecified atom stereocenters. The molecule has 0 saturated carbocycles. The van der Waals surface area contributed by atoms with E-state index in [9.17, 15) is 14.4 Å². The summed E-state index contributed by atoms with van der Waals surface area (Å²) >= 11 is 0. The fourth-order valence-corrected chi connectivity index (χ4v) is 5.61. The normalized spacial score (nSPS) is 11.4. The van der Waals surface area contributed by atoms with Crippen LogP contribution >= 0.6 is 0 Å². The molecule has 0 bridgehead atoms. The molecule has 3 N–H and O–H groups in total. The van der Waals surface area contributed by atoms with Crippen molar-refractivity contribution in [2.75, 3.05) is 31.4 Å². The minimum atomic E-state index is -0.812. The van der Waals surface area contributed by atoms with Crippen LogP contribution in [-0.4, -0.2) is 54.1 Å². The van der Waals surface area contributed by atoms with Crippen LogP contribution < -0.4 is 25.4 Å². The average molecular weight is 730 g/mol. The summed E-state index contributed by atoms with van der Waals surface area (Å²) in [7, 11) is 3.22. The van der Waals surface area contributed by atoms with Crippen molar-refractivity contribution < 1.29 is 28.6 Å². The Morgan fingerprint density at radius 2 is 1.59 bits per heavy atom. The van der Waals surface area contributed by atoms with Crippen molar-refractivity contribution in [3.05, 3.63) is 114 Å². The SMILES string of the molecule is C=Cc1ccc(-c2ccc(C(=O)NCC(C)(C)C)cc2C(=O)OC(C)(C)C)c(C(=O)Nc2ccc3c(NCc4ccc(OC)cc4OC)nccc3c2)n1. The highest BCUT2D eigenvalue weighted by molar-refractivity contribution is 6.11. The summed E-state index contributed by atoms with van der Waals surface area (Å²) in [6.45, 7) is 16.1. The van der Waals surface area contributed by atoms with E-state index >= 15 is 0 Å². The Kier molecular flexibility index (Phi) is 11.7. The molecule has 0 radical (unpaired) electrons. The summed E-state index contributed by atoms with van der Waals surface area (Å²) in [5.74, 6) is 0.580. The zero-order valence-corrected chi connectivity index (χ0v) is 32.0. The Morgan fingerprint density at radius 3 is 2.28 bits per heavy atom. The van der Waals surface area contributed by atoms with Crippen molar-refractivity contribution in [3.8, 4) is 22.6 Å². The molecule has 2 heterocycles. The van der Waals surface area contributed by atoms with E-state index in [4.69, 9.17) is 14.2 Å². The third-order valence-electron chi connectivity index (χ3n) is 8.27. The Bertz CT molecular complexity index is 2220. The summed E-state index contributed by atoms with van der Waals surface area (Å²) in [4.78, 5) is 50.1. The molecular weight excluding hydrogens is 683 g/mol. The number of fused-ring (bicyclic) bond motifs is 1. The molecule has 3 aromatic carbocycles. The quantitative estimate of drug-likeness (QED) is 0.108. The van der Waals surface area contributed by atoms with Crippen LogP contribution in [0.5, 0.6) is 11.5 Å². The first-order valence-electron chi connectivity index (χ1n) is 17.5. The van der Waals surface area contributed by atoms with Crippen LogP contribution in [0, 0.1) is 5.41 Å². The van der Waals surface area contributed by atoms with Crippen molar-refractivity contribution in [3.63, 3.8) is 0 Å². The topological polar surface area (TPSA) is 141 Å². The predicted octanol–water partition coefficient (Wildman–Crippen LogP) is 8.55. The first kappa shape index (κ1) is 39.0. The Labute approximate surface area is 316 Å². The van der Waals surface area contributed by atoms with Crippen LogP contribution in [0.1, 0.15) is 84.0 Å². The summed E-state index contributed by atoms with van der Waals surface area (Å²) in [6.07, 6.45) is 3.23. The second-order valence-corrected chi connectivity index (χ2v) is 14.9. The molecule has 5 rings (SSSR count). The molecule has 0 saturated heterocycles. The number of aromatic nitrogens is 2. The highest BCUT2D eigenvalue weighted by atomic mass is 16.6. The van der Waals surface area contributed by atoms with E-state index in [1.54, 1.807) is 71.5 Å². The molecule has 280 valence electrons. The van der Waals surface area contributed by atoms with Gasteiger partial charge >= 0.3 is 5.97 Å². The number of ether oxygens (including phenoxy) is 3. The number of amides is 2. The van der Waals surface area contributed by atoms with E-state index < -0.39 is 17.5 Å². The van der Waals surface area contributed by atoms with Crippen LogP contribution in [0.3, 0.4) is 0 Å². The highest BCUT2D eigenvalue weighted by Gasteiger charge is 2.26. The molecule has 54 heavy (non-hydrogen) atoms. The molecule has 11 nitrogen and oxygen atoms in total. The van der Waals surface area contributed by atoms with Gasteiger partial charge in [-0.05, 0) is 104 Å². The fourth-order valence-electron chi connectivity index (χ4n) is 5.61. The fraction of sp³-hybridized carbons (Fsp3) is 0.279. The van der Waals surface area contributed by atoms with Crippen molar-refractivity contribution in [1.82, 2.24) is 15.3 Å². The van der Waals surface area contributed by atoms with Gasteiger partial charge in [-0.15, -0.1) is 0 Å². The monoisotopic (exact) mass is 729 g/mol. The third-order valence-corrected chi connectivity index (χ3v) is 8.27. The molecule has 0 atom stereocenters. The van der Waals surface area contributed by atoms with E-state index in [1.807, 2.05) is 57.2 Å². The Hall–Kier alpha value is -6.23. The maximum Gasteiger partial charge on any atom is 0.339 e. The van der Waals surface area contributed by atoms with Crippen molar-refractivity contribution >= 4 is 46.1 Å². The first-order chi connectivity index (χ1) is 25.6. The maximum absolute atomic E-state index is 14.1. The number of rotatable bonds is 12. The van der Waals surface area contributed by atoms with Gasteiger partial charge in [0.1, 0.15) is 28.6 Å². The summed E-state index contributed by atoms with van der Waals surface area (Å²) in [6, 6.07) is 21.2. The Morgan fingerprint density at radius 1 is 0.833 bits per heavy atom. The average Bonchev–Trinajstić information content (AvgIpc) is 3.14. The van der Waals surface area contributed by atoms with E-state index in [0.29, 0.717) is 52.9 Å². The lowest BCUT2D eigenvalue weighted by Crippen LogP contribution is -2.32. The molecular formula is C43H47N5O6. The molecule has 2 aromatic heterocycles. The number of hydrogen-bond acceptors (Lipinski definition) is 9. The minimum Gasteiger partial charge on any atom is -0.497 e. The minimum absolute atomic E-state index is 0.0627. The van der Waals surface area contributed by atoms with Crippen LogP contribution in [0.2, 0.25) is 0 Å². The number of hydrogen-bond donors (Lipinski definition) is 3. The number of esters is 1. The van der Waals surface area contributed by atoms with E-state index in [1.165, 1.54) is 12.1 Å². The molecule has 5 aromatic rings. The van der Waals surface area contributed by atoms with Crippen molar-refractivity contribution in [2.24, 2.45) is 5.41 Å². The van der Waals surface area contributed by atoms with Gasteiger partial charge in [0.05, 0.1) is 25.5 Å². The lowest BCUT2D eigenvalue weighted by Gasteiger charge is -2.22. The van der Waals surface area contributed by atoms with Gasteiger partial charge in [0.25, 0.3) is 11.8 Å². The third kappa shape index (κ3) is 9.60. The number of anilines is 2. The van der Waals surface area contributed by atoms with Crippen LogP contribution in [0.4, 0.5) is 11.5 Å². The number of carbonyl (C=O) groups excluding carboxylic acids is 3. The standard InChI is InChI=1S/C43H47N5O6/c1-10-29-13-18-34(33-16-12-27(39(49)46-25-42(2,3)4)22-35(33)41(51)54-43(5,6)7)37(47-29)40(50)48-30-14-17-32-26(21-30)19-20-44-38(32)45-24-28-11-15-31(52-8)23-36(28)53-9/h10-23H,1,24-25H2,2-9H3,(H,44,45)(H,46,49)(H,48,50). The van der Waals surface area contributed by atoms with E-state index in [-0.39, 0.29) is 28.1 Å². The number of benzene rings is 3. The number of carbonyl (C=O) groups is 3. The molecule has 0 aliphatic rings. The van der Waals surface area contributed by atoms with Gasteiger partial charge in [-0.2, -0.15) is 0 Å². The van der Waals surface area contributed by atoms with E-state index in [0.717, 1.165) is 16.3 Å². The van der Waals surface area contributed by atoms with Gasteiger partial charge in [-0.1, -0.05) is 33.4 Å². The van der Waals surface area contributed by atoms with Gasteiger partial charge in [0.15, 0.2) is 0 Å². The zero-order chi connectivity index (χ0) is 39.2. The number of nitrogens with one attached hydrogen (secondary N) is 3. The van der Waals surface area contributed by atoms with Crippen molar-refractivity contribution in [1.29, 1.82) is 0 Å². The molecule has 0 aliphatic heterocycles. The molecule has 0 fully saturated rings. The zero-order valence-electron chi connectivity index (χ0n) is 32.0. The van der Waals surface area contributed by atoms with Gasteiger partial charge in [-0.3, -0.25) is 9.59 Å². The molecule has 11 heteroatoms. The number of methoxy groups -OCH3 is 2. The molecule has 2 amide bonds. The predicted molar refractivity (Wildman–Crippen MR) is 213 cm³/mol. The van der Waals surface area contributed by atoms with Crippen LogP contribution in [0.15, 0.2) is 85.6 Å². The number of pyridine rings is 2.